The highest BCUT2D eigenvalue weighted by Crippen LogP contribution is 2.00. The molecule has 0 aromatic carbocycles. The number of aliphatic hydroxyl groups excluding tert-OH is 2. The fourth-order valence-corrected chi connectivity index (χ4v) is 1.49. The van der Waals surface area contributed by atoms with Crippen LogP contribution in [0.3, 0.4) is 0 Å². The lowest BCUT2D eigenvalue weighted by molar-refractivity contribution is 0.282. The van der Waals surface area contributed by atoms with E-state index in [1.165, 1.54) is 12.8 Å². The van der Waals surface area contributed by atoms with Crippen molar-refractivity contribution in [2.75, 3.05) is 26.3 Å². The van der Waals surface area contributed by atoms with Crippen LogP contribution in [0.5, 0.6) is 0 Å². The zero-order chi connectivity index (χ0) is 11.2. The van der Waals surface area contributed by atoms with Crippen LogP contribution in [0.1, 0.15) is 51.4 Å². The van der Waals surface area contributed by atoms with Gasteiger partial charge >= 0.3 is 0 Å². The number of nitrogens with zero attached hydrogens (tertiary/aromatic N) is 1. The third-order valence-electron chi connectivity index (χ3n) is 2.45. The SMILES string of the molecule is OCCCCCC[N]CCCCCCO. The molecule has 0 aromatic heterocycles. The van der Waals surface area contributed by atoms with E-state index >= 15 is 0 Å². The Morgan fingerprint density at radius 1 is 0.533 bits per heavy atom. The minimum absolute atomic E-state index is 0.321. The number of aliphatic hydroxyl groups is 2. The van der Waals surface area contributed by atoms with Crippen LogP contribution in [-0.4, -0.2) is 36.5 Å². The summed E-state index contributed by atoms with van der Waals surface area (Å²) in [6, 6.07) is 0. The lowest BCUT2D eigenvalue weighted by Gasteiger charge is -2.02. The molecule has 0 unspecified atom stereocenters. The van der Waals surface area contributed by atoms with Gasteiger partial charge in [0.1, 0.15) is 0 Å². The molecule has 0 aliphatic carbocycles. The molecule has 0 aliphatic heterocycles. The summed E-state index contributed by atoms with van der Waals surface area (Å²) < 4.78 is 0. The zero-order valence-corrected chi connectivity index (χ0v) is 9.83. The molecule has 0 spiro atoms. The van der Waals surface area contributed by atoms with Gasteiger partial charge in [-0.15, -0.1) is 0 Å². The van der Waals surface area contributed by atoms with E-state index in [4.69, 9.17) is 10.2 Å². The van der Waals surface area contributed by atoms with Crippen LogP contribution >= 0.6 is 0 Å². The lowest BCUT2D eigenvalue weighted by atomic mass is 10.2. The maximum Gasteiger partial charge on any atom is 0.0431 e. The molecule has 0 saturated heterocycles. The number of unbranched alkanes of at least 4 members (excludes halogenated alkanes) is 6. The van der Waals surface area contributed by atoms with E-state index in [2.05, 4.69) is 5.32 Å². The molecule has 2 N–H and O–H groups in total. The predicted octanol–water partition coefficient (Wildman–Crippen LogP) is 1.70. The normalized spacial score (nSPS) is 10.8. The average molecular weight is 216 g/mol. The third kappa shape index (κ3) is 13.9. The van der Waals surface area contributed by atoms with Gasteiger partial charge in [-0.2, -0.15) is 0 Å². The topological polar surface area (TPSA) is 54.6 Å². The molecule has 0 saturated carbocycles. The Morgan fingerprint density at radius 2 is 0.933 bits per heavy atom. The molecule has 0 heterocycles. The number of hydrogen-bond acceptors (Lipinski definition) is 2. The Hall–Kier alpha value is -0.120. The average Bonchev–Trinajstić information content (AvgIpc) is 2.26. The van der Waals surface area contributed by atoms with Crippen LogP contribution < -0.4 is 5.32 Å². The molecule has 0 amide bonds. The van der Waals surface area contributed by atoms with Gasteiger partial charge in [-0.05, 0) is 25.7 Å². The fourth-order valence-electron chi connectivity index (χ4n) is 1.49. The summed E-state index contributed by atoms with van der Waals surface area (Å²) in [4.78, 5) is 0. The highest BCUT2D eigenvalue weighted by molar-refractivity contribution is 4.50. The van der Waals surface area contributed by atoms with Gasteiger partial charge in [-0.25, -0.2) is 5.32 Å². The van der Waals surface area contributed by atoms with Crippen molar-refractivity contribution >= 4 is 0 Å². The zero-order valence-electron chi connectivity index (χ0n) is 9.83. The minimum atomic E-state index is 0.321. The van der Waals surface area contributed by atoms with Crippen molar-refractivity contribution in [1.82, 2.24) is 5.32 Å². The summed E-state index contributed by atoms with van der Waals surface area (Å²) in [6.07, 6.45) is 8.82. The summed E-state index contributed by atoms with van der Waals surface area (Å²) in [5.41, 5.74) is 0. The van der Waals surface area contributed by atoms with Gasteiger partial charge in [0.05, 0.1) is 0 Å². The van der Waals surface area contributed by atoms with Crippen LogP contribution in [0.25, 0.3) is 0 Å². The molecular formula is C12H26NO2. The van der Waals surface area contributed by atoms with Crippen molar-refractivity contribution in [3.8, 4) is 0 Å². The Labute approximate surface area is 93.9 Å². The molecule has 1 radical (unpaired) electrons. The van der Waals surface area contributed by atoms with Crippen molar-refractivity contribution in [2.24, 2.45) is 0 Å². The second kappa shape index (κ2) is 13.9. The molecule has 0 bridgehead atoms. The summed E-state index contributed by atoms with van der Waals surface area (Å²) >= 11 is 0. The molecule has 3 nitrogen and oxygen atoms in total. The summed E-state index contributed by atoms with van der Waals surface area (Å²) in [5, 5.41) is 21.6. The van der Waals surface area contributed by atoms with Gasteiger partial charge in [0.15, 0.2) is 0 Å². The standard InChI is InChI=1S/C12H26NO2/c14-11-7-3-1-5-9-13-10-6-2-4-8-12-15/h14-15H,1-12H2. The maximum absolute atomic E-state index is 8.57. The first-order chi connectivity index (χ1) is 7.41. The van der Waals surface area contributed by atoms with E-state index in [9.17, 15) is 0 Å². The van der Waals surface area contributed by atoms with Crippen LogP contribution in [0.4, 0.5) is 0 Å². The largest absolute Gasteiger partial charge is 0.396 e. The molecule has 0 atom stereocenters. The second-order valence-corrected chi connectivity index (χ2v) is 3.95. The van der Waals surface area contributed by atoms with Crippen molar-refractivity contribution in [1.29, 1.82) is 0 Å². The van der Waals surface area contributed by atoms with Crippen molar-refractivity contribution in [2.45, 2.75) is 51.4 Å². The smallest absolute Gasteiger partial charge is 0.0431 e. The highest BCUT2D eigenvalue weighted by Gasteiger charge is 1.92. The number of rotatable bonds is 12. The van der Waals surface area contributed by atoms with Crippen molar-refractivity contribution in [3.05, 3.63) is 0 Å². The molecule has 3 heteroatoms. The number of hydrogen-bond donors (Lipinski definition) is 2. The third-order valence-corrected chi connectivity index (χ3v) is 2.45. The van der Waals surface area contributed by atoms with E-state index < -0.39 is 0 Å². The molecular weight excluding hydrogens is 190 g/mol. The second-order valence-electron chi connectivity index (χ2n) is 3.95. The summed E-state index contributed by atoms with van der Waals surface area (Å²) in [7, 11) is 0. The van der Waals surface area contributed by atoms with Gasteiger partial charge < -0.3 is 10.2 Å². The van der Waals surface area contributed by atoms with E-state index in [0.717, 1.165) is 51.6 Å². The predicted molar refractivity (Wildman–Crippen MR) is 63.0 cm³/mol. The van der Waals surface area contributed by atoms with Gasteiger partial charge in [0.25, 0.3) is 0 Å². The van der Waals surface area contributed by atoms with Crippen LogP contribution in [-0.2, 0) is 0 Å². The van der Waals surface area contributed by atoms with E-state index in [0.29, 0.717) is 13.2 Å². The summed E-state index contributed by atoms with van der Waals surface area (Å²) in [5.74, 6) is 0. The Bertz CT molecular complexity index is 97.8. The van der Waals surface area contributed by atoms with Gasteiger partial charge in [0, 0.05) is 26.3 Å². The Morgan fingerprint density at radius 3 is 1.33 bits per heavy atom. The quantitative estimate of drug-likeness (QED) is 0.488. The van der Waals surface area contributed by atoms with Gasteiger partial charge in [-0.1, -0.05) is 25.7 Å². The summed E-state index contributed by atoms with van der Waals surface area (Å²) in [6.45, 7) is 2.60. The molecule has 15 heavy (non-hydrogen) atoms. The van der Waals surface area contributed by atoms with Crippen molar-refractivity contribution < 1.29 is 10.2 Å². The first kappa shape index (κ1) is 14.9. The molecule has 0 aromatic rings. The van der Waals surface area contributed by atoms with Crippen LogP contribution in [0, 0.1) is 0 Å². The Balaban J connectivity index is 2.81. The fraction of sp³-hybridized carbons (Fsp3) is 1.00. The molecule has 91 valence electrons. The van der Waals surface area contributed by atoms with Gasteiger partial charge in [-0.3, -0.25) is 0 Å². The van der Waals surface area contributed by atoms with E-state index in [-0.39, 0.29) is 0 Å². The first-order valence-electron chi connectivity index (χ1n) is 6.26. The maximum atomic E-state index is 8.57. The van der Waals surface area contributed by atoms with Crippen LogP contribution in [0.2, 0.25) is 0 Å². The van der Waals surface area contributed by atoms with Crippen molar-refractivity contribution in [3.63, 3.8) is 0 Å². The molecule has 0 fully saturated rings. The minimum Gasteiger partial charge on any atom is -0.396 e. The monoisotopic (exact) mass is 216 g/mol. The molecule has 0 aliphatic rings. The van der Waals surface area contributed by atoms with Crippen LogP contribution in [0.15, 0.2) is 0 Å². The molecule has 0 rings (SSSR count). The lowest BCUT2D eigenvalue weighted by Crippen LogP contribution is -2.08. The highest BCUT2D eigenvalue weighted by atomic mass is 16.3. The van der Waals surface area contributed by atoms with E-state index in [1.54, 1.807) is 0 Å². The first-order valence-corrected chi connectivity index (χ1v) is 6.26. The van der Waals surface area contributed by atoms with E-state index in [1.807, 2.05) is 0 Å². The van der Waals surface area contributed by atoms with Gasteiger partial charge in [0.2, 0.25) is 0 Å². The Kier molecular flexibility index (Phi) is 13.8.